The fourth-order valence-corrected chi connectivity index (χ4v) is 13.3. The molecule has 0 aromatic carbocycles. The largest absolute Gasteiger partial charge is 0.481 e. The lowest BCUT2D eigenvalue weighted by Gasteiger charge is -2.72. The molecule has 0 bridgehead atoms. The number of hydrogen-bond acceptors (Lipinski definition) is 7. The zero-order valence-corrected chi connectivity index (χ0v) is 34.7. The van der Waals surface area contributed by atoms with Crippen molar-refractivity contribution in [1.82, 2.24) is 10.3 Å². The van der Waals surface area contributed by atoms with E-state index < -0.39 is 28.9 Å². The number of carboxylic acid groups (broad SMARTS) is 1. The van der Waals surface area contributed by atoms with Crippen molar-refractivity contribution in [2.45, 2.75) is 152 Å². The van der Waals surface area contributed by atoms with E-state index in [1.54, 1.807) is 20.0 Å². The summed E-state index contributed by atoms with van der Waals surface area (Å²) in [5, 5.41) is 26.0. The predicted molar refractivity (Wildman–Crippen MR) is 207 cm³/mol. The molecule has 8 nitrogen and oxygen atoms in total. The second-order valence-corrected chi connectivity index (χ2v) is 20.5. The summed E-state index contributed by atoms with van der Waals surface area (Å²) in [5.74, 6) is -0.0389. The molecular weight excluding hydrogens is 688 g/mol. The number of halogens is 1. The number of allylic oxidation sites excluding steroid dienone is 1. The van der Waals surface area contributed by atoms with Gasteiger partial charge in [-0.25, -0.2) is 0 Å². The van der Waals surface area contributed by atoms with Crippen molar-refractivity contribution in [2.75, 3.05) is 6.54 Å². The van der Waals surface area contributed by atoms with Gasteiger partial charge in [0.15, 0.2) is 5.78 Å². The van der Waals surface area contributed by atoms with Gasteiger partial charge in [-0.15, -0.1) is 0 Å². The van der Waals surface area contributed by atoms with E-state index >= 15 is 0 Å². The third-order valence-electron chi connectivity index (χ3n) is 16.3. The number of ether oxygens (including phenoxy) is 1. The van der Waals surface area contributed by atoms with Crippen LogP contribution in [0.3, 0.4) is 0 Å². The Hall–Kier alpha value is -2.29. The van der Waals surface area contributed by atoms with Crippen LogP contribution in [0.1, 0.15) is 145 Å². The van der Waals surface area contributed by atoms with E-state index in [2.05, 4.69) is 58.8 Å². The lowest BCUT2D eigenvalue weighted by atomic mass is 9.33. The van der Waals surface area contributed by atoms with Crippen LogP contribution in [0, 0.1) is 56.2 Å². The molecular formula is C44H65ClN2O6. The molecule has 1 heterocycles. The first-order valence-electron chi connectivity index (χ1n) is 20.3. The van der Waals surface area contributed by atoms with Gasteiger partial charge in [0.1, 0.15) is 6.10 Å². The molecule has 0 radical (unpaired) electrons. The number of aliphatic carboxylic acids is 1. The van der Waals surface area contributed by atoms with Crippen molar-refractivity contribution in [2.24, 2.45) is 56.2 Å². The molecule has 0 unspecified atom stereocenters. The average molecular weight is 753 g/mol. The molecule has 3 N–H and O–H groups in total. The molecule has 6 rings (SSSR count). The summed E-state index contributed by atoms with van der Waals surface area (Å²) >= 11 is 6.09. The van der Waals surface area contributed by atoms with Gasteiger partial charge in [0.2, 0.25) is 0 Å². The Morgan fingerprint density at radius 2 is 1.68 bits per heavy atom. The Bertz CT molecular complexity index is 1650. The number of aliphatic hydroxyl groups is 1. The molecule has 5 aliphatic carbocycles. The Morgan fingerprint density at radius 1 is 0.981 bits per heavy atom. The van der Waals surface area contributed by atoms with E-state index in [1.165, 1.54) is 5.57 Å². The standard InChI is InChI=1S/C44H65ClN2O6/c1-25(2)36-30(48)21-44(33(49)24-46-26(3)29-13-11-27(45)23-47-29)20-19-42(9)28(37(36)44)12-14-32-41(8)17-16-34(53-35(50)22-39(4,5)38(51)52)40(6,7)31(41)15-18-43(32,42)10/h11,13,23,25-26,28,31-34,46,49H,12,14-22,24H2,1-10H3,(H,51,52)/t26-,28-,31+,32-,33+,34-,41+,42-,43-,44+/m1/s1. The average Bonchev–Trinajstić information content (AvgIpc) is 3.38. The second kappa shape index (κ2) is 13.7. The van der Waals surface area contributed by atoms with E-state index in [0.717, 1.165) is 62.6 Å². The minimum atomic E-state index is -1.17. The number of ketones is 1. The van der Waals surface area contributed by atoms with Gasteiger partial charge in [-0.3, -0.25) is 19.4 Å². The highest BCUT2D eigenvalue weighted by molar-refractivity contribution is 6.30. The first-order valence-corrected chi connectivity index (χ1v) is 20.7. The van der Waals surface area contributed by atoms with Gasteiger partial charge in [0.05, 0.1) is 28.7 Å². The van der Waals surface area contributed by atoms with Crippen LogP contribution in [0.4, 0.5) is 0 Å². The molecule has 53 heavy (non-hydrogen) atoms. The van der Waals surface area contributed by atoms with Crippen molar-refractivity contribution < 1.29 is 29.3 Å². The Labute approximate surface area is 322 Å². The zero-order chi connectivity index (χ0) is 39.1. The van der Waals surface area contributed by atoms with Crippen LogP contribution in [0.2, 0.25) is 5.02 Å². The van der Waals surface area contributed by atoms with Crippen LogP contribution in [-0.4, -0.2) is 51.7 Å². The third kappa shape index (κ3) is 6.33. The van der Waals surface area contributed by atoms with Crippen molar-refractivity contribution in [3.05, 3.63) is 40.2 Å². The monoisotopic (exact) mass is 752 g/mol. The minimum Gasteiger partial charge on any atom is -0.481 e. The van der Waals surface area contributed by atoms with E-state index in [1.807, 2.05) is 19.1 Å². The molecule has 294 valence electrons. The molecule has 4 fully saturated rings. The topological polar surface area (TPSA) is 126 Å². The smallest absolute Gasteiger partial charge is 0.309 e. The summed E-state index contributed by atoms with van der Waals surface area (Å²) in [6, 6.07) is 3.67. The van der Waals surface area contributed by atoms with E-state index in [9.17, 15) is 24.6 Å². The summed E-state index contributed by atoms with van der Waals surface area (Å²) in [5.41, 5.74) is 1.18. The Morgan fingerprint density at radius 3 is 2.30 bits per heavy atom. The number of rotatable bonds is 10. The zero-order valence-electron chi connectivity index (χ0n) is 33.9. The van der Waals surface area contributed by atoms with Gasteiger partial charge in [0, 0.05) is 36.0 Å². The fraction of sp³-hybridized carbons (Fsp3) is 0.773. The molecule has 4 saturated carbocycles. The normalized spacial score (nSPS) is 37.6. The summed E-state index contributed by atoms with van der Waals surface area (Å²) < 4.78 is 6.17. The minimum absolute atomic E-state index is 0.0307. The molecule has 1 aromatic rings. The number of carbonyl (C=O) groups is 3. The van der Waals surface area contributed by atoms with Crippen molar-refractivity contribution in [3.63, 3.8) is 0 Å². The maximum Gasteiger partial charge on any atom is 0.309 e. The van der Waals surface area contributed by atoms with Crippen LogP contribution < -0.4 is 5.32 Å². The number of carbonyl (C=O) groups excluding carboxylic acids is 2. The third-order valence-corrected chi connectivity index (χ3v) is 16.5. The number of fused-ring (bicyclic) bond motifs is 7. The number of aromatic nitrogens is 1. The number of nitrogens with one attached hydrogen (secondary N) is 1. The van der Waals surface area contributed by atoms with Gasteiger partial charge in [-0.2, -0.15) is 0 Å². The van der Waals surface area contributed by atoms with Crippen LogP contribution >= 0.6 is 11.6 Å². The first kappa shape index (κ1) is 40.4. The summed E-state index contributed by atoms with van der Waals surface area (Å²) in [4.78, 5) is 43.4. The van der Waals surface area contributed by atoms with Gasteiger partial charge < -0.3 is 20.3 Å². The van der Waals surface area contributed by atoms with Crippen LogP contribution in [0.15, 0.2) is 29.5 Å². The highest BCUT2D eigenvalue weighted by atomic mass is 35.5. The van der Waals surface area contributed by atoms with Gasteiger partial charge in [-0.1, -0.05) is 65.6 Å². The molecule has 5 aliphatic rings. The second-order valence-electron chi connectivity index (χ2n) is 20.1. The molecule has 9 heteroatoms. The molecule has 0 saturated heterocycles. The first-order chi connectivity index (χ1) is 24.5. The highest BCUT2D eigenvalue weighted by Gasteiger charge is 2.70. The number of nitrogens with zero attached hydrogens (tertiary/aromatic N) is 1. The number of carboxylic acids is 1. The van der Waals surface area contributed by atoms with Crippen molar-refractivity contribution in [3.8, 4) is 0 Å². The van der Waals surface area contributed by atoms with E-state index in [4.69, 9.17) is 16.3 Å². The number of hydrogen-bond donors (Lipinski definition) is 3. The molecule has 0 amide bonds. The quantitative estimate of drug-likeness (QED) is 0.202. The van der Waals surface area contributed by atoms with Crippen molar-refractivity contribution >= 4 is 29.3 Å². The predicted octanol–water partition coefficient (Wildman–Crippen LogP) is 9.14. The Kier molecular flexibility index (Phi) is 10.5. The fourth-order valence-electron chi connectivity index (χ4n) is 13.1. The molecule has 10 atom stereocenters. The lowest BCUT2D eigenvalue weighted by Crippen LogP contribution is -2.66. The van der Waals surface area contributed by atoms with E-state index in [-0.39, 0.29) is 57.8 Å². The summed E-state index contributed by atoms with van der Waals surface area (Å²) in [6.07, 6.45) is 8.65. The summed E-state index contributed by atoms with van der Waals surface area (Å²) in [6.45, 7) is 22.0. The molecule has 0 aliphatic heterocycles. The van der Waals surface area contributed by atoms with Crippen LogP contribution in [-0.2, 0) is 19.1 Å². The van der Waals surface area contributed by atoms with Gasteiger partial charge >= 0.3 is 11.9 Å². The summed E-state index contributed by atoms with van der Waals surface area (Å²) in [7, 11) is 0. The van der Waals surface area contributed by atoms with E-state index in [0.29, 0.717) is 29.8 Å². The maximum atomic E-state index is 14.1. The van der Waals surface area contributed by atoms with Crippen LogP contribution in [0.5, 0.6) is 0 Å². The number of aliphatic hydroxyl groups excluding tert-OH is 1. The molecule has 1 aromatic heterocycles. The number of pyridine rings is 1. The lowest BCUT2D eigenvalue weighted by molar-refractivity contribution is -0.235. The maximum absolute atomic E-state index is 14.1. The van der Waals surface area contributed by atoms with Gasteiger partial charge in [0.25, 0.3) is 0 Å². The van der Waals surface area contributed by atoms with Crippen molar-refractivity contribution in [1.29, 1.82) is 0 Å². The highest BCUT2D eigenvalue weighted by Crippen LogP contribution is 2.77. The Balaban J connectivity index is 1.26. The van der Waals surface area contributed by atoms with Crippen LogP contribution in [0.25, 0.3) is 0 Å². The SMILES string of the molecule is CC(C)C1=C2[C@H]3CC[C@@H]4[C@@]5(C)CC[C@@H](OC(=O)CC(C)(C)C(=O)O)C(C)(C)[C@@H]5CC[C@@]4(C)[C@]3(C)CC[C@@]2([C@@H](O)CN[C@H](C)c2ccc(Cl)cn2)CC1=O. The number of Topliss-reactive ketones (excluding diaryl/α,β-unsaturated/α-hetero) is 1. The molecule has 0 spiro atoms. The number of esters is 1. The van der Waals surface area contributed by atoms with Gasteiger partial charge in [-0.05, 0) is 130 Å².